The number of hydrogen-bond donors (Lipinski definition) is 1. The van der Waals surface area contributed by atoms with Crippen LogP contribution in [0, 0.1) is 19.8 Å². The van der Waals surface area contributed by atoms with Crippen molar-refractivity contribution in [3.05, 3.63) is 35.0 Å². The maximum atomic E-state index is 12.6. The van der Waals surface area contributed by atoms with E-state index in [9.17, 15) is 4.79 Å². The number of likely N-dealkylation sites (tertiary alicyclic amines) is 1. The van der Waals surface area contributed by atoms with Gasteiger partial charge in [0.05, 0.1) is 0 Å². The van der Waals surface area contributed by atoms with E-state index in [2.05, 4.69) is 37.9 Å². The molecular weight excluding hydrogens is 248 g/mol. The molecule has 0 bridgehead atoms. The van der Waals surface area contributed by atoms with Gasteiger partial charge >= 0.3 is 0 Å². The van der Waals surface area contributed by atoms with Gasteiger partial charge in [0.2, 0.25) is 0 Å². The lowest BCUT2D eigenvalue weighted by Crippen LogP contribution is -2.38. The highest BCUT2D eigenvalue weighted by atomic mass is 16.2. The molecule has 0 atom stereocenters. The third-order valence-electron chi connectivity index (χ3n) is 4.39. The summed E-state index contributed by atoms with van der Waals surface area (Å²) in [6.45, 7) is 8.21. The number of nitrogens with zero attached hydrogens (tertiary/aromatic N) is 1. The molecule has 1 aromatic heterocycles. The highest BCUT2D eigenvalue weighted by Gasteiger charge is 2.22. The number of amides is 1. The van der Waals surface area contributed by atoms with Crippen LogP contribution in [0.15, 0.2) is 18.2 Å². The molecule has 0 aliphatic carbocycles. The van der Waals surface area contributed by atoms with Crippen LogP contribution in [0.1, 0.15) is 41.4 Å². The number of aromatic nitrogens is 1. The van der Waals surface area contributed by atoms with Gasteiger partial charge in [-0.15, -0.1) is 0 Å². The summed E-state index contributed by atoms with van der Waals surface area (Å²) in [5.74, 6) is 0.886. The maximum absolute atomic E-state index is 12.6. The summed E-state index contributed by atoms with van der Waals surface area (Å²) in [5, 5.41) is 1.16. The van der Waals surface area contributed by atoms with Gasteiger partial charge in [0.1, 0.15) is 5.69 Å². The number of aromatic amines is 1. The molecule has 1 aromatic carbocycles. The topological polar surface area (TPSA) is 36.1 Å². The molecule has 1 fully saturated rings. The van der Waals surface area contributed by atoms with Gasteiger partial charge in [-0.05, 0) is 55.9 Å². The summed E-state index contributed by atoms with van der Waals surface area (Å²) < 4.78 is 0. The highest BCUT2D eigenvalue weighted by molar-refractivity contribution is 5.99. The lowest BCUT2D eigenvalue weighted by Gasteiger charge is -2.29. The van der Waals surface area contributed by atoms with Crippen LogP contribution >= 0.6 is 0 Å². The number of carbonyl (C=O) groups excluding carboxylic acids is 1. The summed E-state index contributed by atoms with van der Waals surface area (Å²) in [6.07, 6.45) is 2.23. The molecule has 0 unspecified atom stereocenters. The van der Waals surface area contributed by atoms with Crippen LogP contribution in [0.5, 0.6) is 0 Å². The Morgan fingerprint density at radius 3 is 2.60 bits per heavy atom. The predicted octanol–water partition coefficient (Wildman–Crippen LogP) is 3.66. The van der Waals surface area contributed by atoms with E-state index >= 15 is 0 Å². The first-order valence-corrected chi connectivity index (χ1v) is 7.44. The second-order valence-corrected chi connectivity index (χ2v) is 6.20. The van der Waals surface area contributed by atoms with Crippen molar-refractivity contribution in [2.45, 2.75) is 33.6 Å². The second kappa shape index (κ2) is 4.97. The first kappa shape index (κ1) is 13.2. The third kappa shape index (κ3) is 2.33. The van der Waals surface area contributed by atoms with Gasteiger partial charge in [-0.25, -0.2) is 0 Å². The lowest BCUT2D eigenvalue weighted by molar-refractivity contribution is 0.0692. The number of hydrogen-bond acceptors (Lipinski definition) is 1. The van der Waals surface area contributed by atoms with E-state index in [0.29, 0.717) is 0 Å². The van der Waals surface area contributed by atoms with Gasteiger partial charge in [-0.3, -0.25) is 4.79 Å². The van der Waals surface area contributed by atoms with Crippen LogP contribution in [-0.2, 0) is 0 Å². The number of aryl methyl sites for hydroxylation is 2. The van der Waals surface area contributed by atoms with Gasteiger partial charge < -0.3 is 9.88 Å². The monoisotopic (exact) mass is 270 g/mol. The van der Waals surface area contributed by atoms with Crippen LogP contribution in [0.4, 0.5) is 0 Å². The molecule has 106 valence electrons. The van der Waals surface area contributed by atoms with E-state index < -0.39 is 0 Å². The van der Waals surface area contributed by atoms with Crippen molar-refractivity contribution in [3.63, 3.8) is 0 Å². The molecule has 3 rings (SSSR count). The molecular formula is C17H22N2O. The van der Waals surface area contributed by atoms with Crippen molar-refractivity contribution in [1.29, 1.82) is 0 Å². The molecule has 0 radical (unpaired) electrons. The third-order valence-corrected chi connectivity index (χ3v) is 4.39. The first-order valence-electron chi connectivity index (χ1n) is 7.44. The molecule has 3 nitrogen and oxygen atoms in total. The Morgan fingerprint density at radius 2 is 1.90 bits per heavy atom. The van der Waals surface area contributed by atoms with E-state index in [4.69, 9.17) is 0 Å². The molecule has 2 aromatic rings. The number of rotatable bonds is 1. The van der Waals surface area contributed by atoms with Gasteiger partial charge in [-0.1, -0.05) is 13.0 Å². The minimum absolute atomic E-state index is 0.144. The molecule has 1 saturated heterocycles. The van der Waals surface area contributed by atoms with Crippen molar-refractivity contribution in [3.8, 4) is 0 Å². The normalized spacial score (nSPS) is 16.9. The number of benzene rings is 1. The molecule has 1 aliphatic rings. The first-order chi connectivity index (χ1) is 9.54. The molecule has 2 heterocycles. The quantitative estimate of drug-likeness (QED) is 0.843. The van der Waals surface area contributed by atoms with E-state index in [1.807, 2.05) is 11.0 Å². The molecule has 0 saturated carbocycles. The van der Waals surface area contributed by atoms with Crippen LogP contribution in [-0.4, -0.2) is 28.9 Å². The summed E-state index contributed by atoms with van der Waals surface area (Å²) in [6, 6.07) is 6.27. The van der Waals surface area contributed by atoms with E-state index in [-0.39, 0.29) is 5.91 Å². The fraction of sp³-hybridized carbons (Fsp3) is 0.471. The molecule has 1 amide bonds. The van der Waals surface area contributed by atoms with Crippen LogP contribution < -0.4 is 0 Å². The zero-order valence-corrected chi connectivity index (χ0v) is 12.5. The summed E-state index contributed by atoms with van der Waals surface area (Å²) in [7, 11) is 0. The average molecular weight is 270 g/mol. The van der Waals surface area contributed by atoms with Crippen molar-refractivity contribution < 1.29 is 4.79 Å². The molecule has 0 spiro atoms. The lowest BCUT2D eigenvalue weighted by atomic mass is 9.99. The van der Waals surface area contributed by atoms with Gasteiger partial charge in [-0.2, -0.15) is 0 Å². The predicted molar refractivity (Wildman–Crippen MR) is 82.1 cm³/mol. The Balaban J connectivity index is 1.90. The zero-order chi connectivity index (χ0) is 14.3. The Morgan fingerprint density at radius 1 is 1.20 bits per heavy atom. The minimum Gasteiger partial charge on any atom is -0.351 e. The fourth-order valence-corrected chi connectivity index (χ4v) is 3.10. The minimum atomic E-state index is 0.144. The zero-order valence-electron chi connectivity index (χ0n) is 12.5. The van der Waals surface area contributed by atoms with Crippen LogP contribution in [0.2, 0.25) is 0 Å². The fourth-order valence-electron chi connectivity index (χ4n) is 3.10. The van der Waals surface area contributed by atoms with Crippen molar-refractivity contribution in [1.82, 2.24) is 9.88 Å². The van der Waals surface area contributed by atoms with E-state index in [0.717, 1.165) is 48.4 Å². The maximum Gasteiger partial charge on any atom is 0.270 e. The highest BCUT2D eigenvalue weighted by Crippen LogP contribution is 2.23. The van der Waals surface area contributed by atoms with Crippen molar-refractivity contribution in [2.75, 3.05) is 13.1 Å². The number of nitrogens with one attached hydrogen (secondary N) is 1. The summed E-state index contributed by atoms with van der Waals surface area (Å²) in [5.41, 5.74) is 4.24. The molecule has 20 heavy (non-hydrogen) atoms. The smallest absolute Gasteiger partial charge is 0.270 e. The largest absolute Gasteiger partial charge is 0.351 e. The molecule has 1 aliphatic heterocycles. The summed E-state index contributed by atoms with van der Waals surface area (Å²) in [4.78, 5) is 17.8. The Hall–Kier alpha value is -1.77. The second-order valence-electron chi connectivity index (χ2n) is 6.20. The average Bonchev–Trinajstić information content (AvgIpc) is 2.83. The van der Waals surface area contributed by atoms with Gasteiger partial charge in [0.15, 0.2) is 0 Å². The number of carbonyl (C=O) groups is 1. The van der Waals surface area contributed by atoms with Crippen LogP contribution in [0.3, 0.4) is 0 Å². The molecule has 3 heteroatoms. The Kier molecular flexibility index (Phi) is 3.28. The SMILES string of the molecule is Cc1cc(C)c2cc(C(=O)N3CCC(C)CC3)[nH]c2c1. The van der Waals surface area contributed by atoms with Crippen LogP contribution in [0.25, 0.3) is 10.9 Å². The van der Waals surface area contributed by atoms with E-state index in [1.165, 1.54) is 11.1 Å². The number of fused-ring (bicyclic) bond motifs is 1. The van der Waals surface area contributed by atoms with Crippen molar-refractivity contribution in [2.24, 2.45) is 5.92 Å². The summed E-state index contributed by atoms with van der Waals surface area (Å²) >= 11 is 0. The number of H-pyrrole nitrogens is 1. The Bertz CT molecular complexity index is 648. The molecule has 1 N–H and O–H groups in total. The van der Waals surface area contributed by atoms with E-state index in [1.54, 1.807) is 0 Å². The van der Waals surface area contributed by atoms with Gasteiger partial charge in [0.25, 0.3) is 5.91 Å². The van der Waals surface area contributed by atoms with Crippen molar-refractivity contribution >= 4 is 16.8 Å². The standard InChI is InChI=1S/C17H22N2O/c1-11-4-6-19(7-5-11)17(20)16-10-14-13(3)8-12(2)9-15(14)18-16/h8-11,18H,4-7H2,1-3H3. The van der Waals surface area contributed by atoms with Gasteiger partial charge in [0, 0.05) is 24.0 Å². The Labute approximate surface area is 120 Å². The number of piperidine rings is 1.